The summed E-state index contributed by atoms with van der Waals surface area (Å²) < 4.78 is 7.71. The molecule has 0 radical (unpaired) electrons. The van der Waals surface area contributed by atoms with E-state index in [0.717, 1.165) is 33.4 Å². The van der Waals surface area contributed by atoms with Crippen molar-refractivity contribution in [2.45, 2.75) is 46.5 Å². The second-order valence-corrected chi connectivity index (χ2v) is 8.26. The van der Waals surface area contributed by atoms with Crippen LogP contribution in [-0.2, 0) is 11.8 Å². The Balaban J connectivity index is 2.22. The van der Waals surface area contributed by atoms with E-state index in [9.17, 15) is 5.26 Å². The molecule has 0 saturated carbocycles. The summed E-state index contributed by atoms with van der Waals surface area (Å²) in [6.45, 7) is 11.2. The van der Waals surface area contributed by atoms with Crippen molar-refractivity contribution in [1.82, 2.24) is 9.38 Å². The molecule has 2 heterocycles. The molecule has 0 saturated heterocycles. The number of rotatable bonds is 4. The first kappa shape index (κ1) is 17.5. The average molecular weight is 353 g/mol. The average Bonchev–Trinajstić information content (AvgIpc) is 3.04. The van der Waals surface area contributed by atoms with Crippen molar-refractivity contribution in [3.63, 3.8) is 0 Å². The summed E-state index contributed by atoms with van der Waals surface area (Å²) in [4.78, 5) is 7.02. The highest BCUT2D eigenvalue weighted by atomic mass is 32.1. The molecule has 0 aliphatic rings. The molecule has 0 bridgehead atoms. The molecule has 0 amide bonds. The Hall–Kier alpha value is -2.32. The van der Waals surface area contributed by atoms with Gasteiger partial charge in [-0.05, 0) is 43.7 Å². The van der Waals surface area contributed by atoms with Crippen LogP contribution in [0, 0.1) is 18.3 Å². The molecule has 4 nitrogen and oxygen atoms in total. The zero-order chi connectivity index (χ0) is 18.2. The quantitative estimate of drug-likeness (QED) is 0.653. The molecule has 0 aliphatic carbocycles. The zero-order valence-corrected chi connectivity index (χ0v) is 16.2. The smallest absolute Gasteiger partial charge is 0.194 e. The zero-order valence-electron chi connectivity index (χ0n) is 15.4. The molecule has 25 heavy (non-hydrogen) atoms. The maximum absolute atomic E-state index is 9.35. The third-order valence-electron chi connectivity index (χ3n) is 4.14. The number of ether oxygens (including phenoxy) is 1. The molecule has 0 atom stereocenters. The Kier molecular flexibility index (Phi) is 4.57. The first-order chi connectivity index (χ1) is 11.9. The molecule has 0 fully saturated rings. The molecule has 0 unspecified atom stereocenters. The lowest BCUT2D eigenvalue weighted by Gasteiger charge is -2.17. The van der Waals surface area contributed by atoms with Gasteiger partial charge in [-0.15, -0.1) is 11.3 Å². The van der Waals surface area contributed by atoms with Gasteiger partial charge in [0.25, 0.3) is 0 Å². The number of imidazole rings is 1. The van der Waals surface area contributed by atoms with Crippen molar-refractivity contribution in [2.24, 2.45) is 0 Å². The highest BCUT2D eigenvalue weighted by molar-refractivity contribution is 7.17. The summed E-state index contributed by atoms with van der Waals surface area (Å²) in [5, 5.41) is 9.35. The van der Waals surface area contributed by atoms with Gasteiger partial charge in [0.2, 0.25) is 0 Å². The predicted octanol–water partition coefficient (Wildman–Crippen LogP) is 5.13. The lowest BCUT2D eigenvalue weighted by molar-refractivity contribution is 0.340. The summed E-state index contributed by atoms with van der Waals surface area (Å²) in [5.41, 5.74) is 4.15. The minimum atomic E-state index is -0.0953. The molecular formula is C20H23N3OS. The highest BCUT2D eigenvalue weighted by Gasteiger charge is 2.27. The largest absolute Gasteiger partial charge is 0.494 e. The van der Waals surface area contributed by atoms with Gasteiger partial charge in [0.1, 0.15) is 5.75 Å². The van der Waals surface area contributed by atoms with Crippen molar-refractivity contribution in [3.05, 3.63) is 40.5 Å². The van der Waals surface area contributed by atoms with E-state index in [1.54, 1.807) is 11.3 Å². The maximum atomic E-state index is 9.35. The van der Waals surface area contributed by atoms with E-state index in [4.69, 9.17) is 9.72 Å². The fourth-order valence-electron chi connectivity index (χ4n) is 3.12. The van der Waals surface area contributed by atoms with E-state index < -0.39 is 0 Å². The number of nitrogens with zero attached hydrogens (tertiary/aromatic N) is 3. The van der Waals surface area contributed by atoms with Crippen LogP contribution in [0.1, 0.15) is 44.0 Å². The van der Waals surface area contributed by atoms with Gasteiger partial charge in [0.15, 0.2) is 4.96 Å². The van der Waals surface area contributed by atoms with E-state index in [-0.39, 0.29) is 5.41 Å². The van der Waals surface area contributed by atoms with Crippen LogP contribution >= 0.6 is 11.3 Å². The van der Waals surface area contributed by atoms with Gasteiger partial charge in [-0.3, -0.25) is 4.40 Å². The lowest BCUT2D eigenvalue weighted by atomic mass is 9.90. The lowest BCUT2D eigenvalue weighted by Crippen LogP contribution is -2.15. The van der Waals surface area contributed by atoms with E-state index >= 15 is 0 Å². The first-order valence-electron chi connectivity index (χ1n) is 8.48. The number of aromatic nitrogens is 2. The van der Waals surface area contributed by atoms with Crippen LogP contribution in [0.25, 0.3) is 16.2 Å². The first-order valence-corrected chi connectivity index (χ1v) is 9.29. The van der Waals surface area contributed by atoms with Crippen molar-refractivity contribution >= 4 is 16.3 Å². The van der Waals surface area contributed by atoms with E-state index in [1.165, 1.54) is 4.88 Å². The standard InChI is InChI=1S/C20H23N3OS/c1-6-24-15-9-7-14(8-10-15)17-13(2)25-19-22-18(20(3,4)5)16(11-12-21)23(17)19/h7-10H,6,11H2,1-5H3. The number of aryl methyl sites for hydroxylation is 1. The number of fused-ring (bicyclic) bond motifs is 1. The van der Waals surface area contributed by atoms with Crippen LogP contribution in [0.2, 0.25) is 0 Å². The minimum absolute atomic E-state index is 0.0953. The molecule has 1 aromatic carbocycles. The number of hydrogen-bond acceptors (Lipinski definition) is 4. The van der Waals surface area contributed by atoms with Crippen molar-refractivity contribution in [2.75, 3.05) is 6.61 Å². The summed E-state index contributed by atoms with van der Waals surface area (Å²) in [7, 11) is 0. The molecule has 0 N–H and O–H groups in total. The molecule has 2 aromatic heterocycles. The predicted molar refractivity (Wildman–Crippen MR) is 102 cm³/mol. The molecule has 0 spiro atoms. The maximum Gasteiger partial charge on any atom is 0.194 e. The Morgan fingerprint density at radius 1 is 1.24 bits per heavy atom. The van der Waals surface area contributed by atoms with Crippen molar-refractivity contribution in [3.8, 4) is 23.1 Å². The van der Waals surface area contributed by atoms with E-state index in [0.29, 0.717) is 13.0 Å². The second-order valence-electron chi connectivity index (χ2n) is 7.07. The van der Waals surface area contributed by atoms with Crippen LogP contribution in [0.4, 0.5) is 0 Å². The molecule has 3 aromatic rings. The fraction of sp³-hybridized carbons (Fsp3) is 0.400. The number of thiazole rings is 1. The van der Waals surface area contributed by atoms with Crippen LogP contribution in [-0.4, -0.2) is 16.0 Å². The fourth-order valence-corrected chi connectivity index (χ4v) is 4.13. The summed E-state index contributed by atoms with van der Waals surface area (Å²) in [6, 6.07) is 10.5. The third kappa shape index (κ3) is 3.14. The summed E-state index contributed by atoms with van der Waals surface area (Å²) >= 11 is 1.68. The number of benzene rings is 1. The van der Waals surface area contributed by atoms with Crippen LogP contribution in [0.3, 0.4) is 0 Å². The van der Waals surface area contributed by atoms with Crippen LogP contribution < -0.4 is 4.74 Å². The molecule has 0 aliphatic heterocycles. The number of hydrogen-bond donors (Lipinski definition) is 0. The minimum Gasteiger partial charge on any atom is -0.494 e. The van der Waals surface area contributed by atoms with Crippen LogP contribution in [0.5, 0.6) is 5.75 Å². The SMILES string of the molecule is CCOc1ccc(-c2c(C)sc3nc(C(C)(C)C)c(CC#N)n23)cc1. The third-order valence-corrected chi connectivity index (χ3v) is 5.10. The van der Waals surface area contributed by atoms with Gasteiger partial charge in [0.05, 0.1) is 36.2 Å². The monoisotopic (exact) mass is 353 g/mol. The molecule has 130 valence electrons. The van der Waals surface area contributed by atoms with Gasteiger partial charge in [-0.1, -0.05) is 20.8 Å². The molecular weight excluding hydrogens is 330 g/mol. The van der Waals surface area contributed by atoms with Gasteiger partial charge in [-0.25, -0.2) is 4.98 Å². The Morgan fingerprint density at radius 2 is 1.92 bits per heavy atom. The molecule has 3 rings (SSSR count). The Morgan fingerprint density at radius 3 is 2.48 bits per heavy atom. The number of nitriles is 1. The molecule has 5 heteroatoms. The van der Waals surface area contributed by atoms with Crippen molar-refractivity contribution < 1.29 is 4.74 Å². The summed E-state index contributed by atoms with van der Waals surface area (Å²) in [5.74, 6) is 0.869. The topological polar surface area (TPSA) is 50.3 Å². The van der Waals surface area contributed by atoms with Gasteiger partial charge in [-0.2, -0.15) is 5.26 Å². The Labute approximate surface area is 152 Å². The second kappa shape index (κ2) is 6.53. The van der Waals surface area contributed by atoms with Gasteiger partial charge < -0.3 is 4.74 Å². The van der Waals surface area contributed by atoms with E-state index in [2.05, 4.69) is 50.3 Å². The van der Waals surface area contributed by atoms with Crippen molar-refractivity contribution in [1.29, 1.82) is 5.26 Å². The normalized spacial score (nSPS) is 11.7. The summed E-state index contributed by atoms with van der Waals surface area (Å²) in [6.07, 6.45) is 0.355. The van der Waals surface area contributed by atoms with E-state index in [1.807, 2.05) is 19.1 Å². The van der Waals surface area contributed by atoms with Gasteiger partial charge >= 0.3 is 0 Å². The van der Waals surface area contributed by atoms with Crippen LogP contribution in [0.15, 0.2) is 24.3 Å². The highest BCUT2D eigenvalue weighted by Crippen LogP contribution is 2.37. The van der Waals surface area contributed by atoms with Gasteiger partial charge in [0, 0.05) is 10.3 Å². The Bertz CT molecular complexity index is 937.